The maximum atomic E-state index is 14.5. The van der Waals surface area contributed by atoms with E-state index in [1.165, 1.54) is 148 Å². The highest BCUT2D eigenvalue weighted by Gasteiger charge is 2.44. The molecule has 5 unspecified atom stereocenters. The molecule has 8 nitrogen and oxygen atoms in total. The Morgan fingerprint density at radius 3 is 1.56 bits per heavy atom. The monoisotopic (exact) mass is 1110 g/mol. The third kappa shape index (κ3) is 24.0. The van der Waals surface area contributed by atoms with Crippen molar-refractivity contribution in [1.29, 1.82) is 0 Å². The second-order valence-corrected chi connectivity index (χ2v) is 25.1. The lowest BCUT2D eigenvalue weighted by Gasteiger charge is -2.47. The van der Waals surface area contributed by atoms with E-state index in [1.54, 1.807) is 0 Å². The largest absolute Gasteiger partial charge is 0.374 e. The van der Waals surface area contributed by atoms with Crippen LogP contribution in [0.3, 0.4) is 0 Å². The fourth-order valence-corrected chi connectivity index (χ4v) is 13.3. The number of hydrogen-bond donors (Lipinski definition) is 1. The average molecular weight is 1110 g/mol. The quantitative estimate of drug-likeness (QED) is 0.0442. The second-order valence-electron chi connectivity index (χ2n) is 25.1. The molecule has 1 heterocycles. The van der Waals surface area contributed by atoms with Gasteiger partial charge in [0.2, 0.25) is 5.91 Å². The number of ether oxygens (including phenoxy) is 6. The number of nitrogens with one attached hydrogen (secondary N) is 1. The Kier molecular flexibility index (Phi) is 30.4. The summed E-state index contributed by atoms with van der Waals surface area (Å²) in [5, 5.41) is 3.54. The van der Waals surface area contributed by atoms with Crippen LogP contribution in [-0.2, 0) is 59.6 Å². The molecular formula is C73H109NO7. The van der Waals surface area contributed by atoms with Crippen molar-refractivity contribution in [3.8, 4) is 0 Å². The van der Waals surface area contributed by atoms with Gasteiger partial charge < -0.3 is 33.7 Å². The number of rotatable bonds is 43. The smallest absolute Gasteiger partial charge is 0.220 e. The first-order valence-electron chi connectivity index (χ1n) is 33.0. The third-order valence-corrected chi connectivity index (χ3v) is 18.7. The van der Waals surface area contributed by atoms with Gasteiger partial charge in [-0.2, -0.15) is 0 Å². The summed E-state index contributed by atoms with van der Waals surface area (Å²) in [6.07, 6.45) is 34.8. The zero-order valence-corrected chi connectivity index (χ0v) is 50.8. The number of fused-ring (bicyclic) bond motifs is 3. The van der Waals surface area contributed by atoms with Gasteiger partial charge in [0.05, 0.1) is 57.9 Å². The van der Waals surface area contributed by atoms with Gasteiger partial charge in [-0.05, 0) is 97.3 Å². The molecular weight excluding hydrogens is 1000 g/mol. The van der Waals surface area contributed by atoms with E-state index in [0.29, 0.717) is 44.9 Å². The number of unbranched alkanes of at least 4 members (excludes halogenated alkanes) is 18. The molecule has 1 N–H and O–H groups in total. The molecule has 81 heavy (non-hydrogen) atoms. The first-order chi connectivity index (χ1) is 39.9. The van der Waals surface area contributed by atoms with E-state index in [-0.39, 0.29) is 42.7 Å². The van der Waals surface area contributed by atoms with E-state index in [0.717, 1.165) is 60.3 Å². The van der Waals surface area contributed by atoms with Gasteiger partial charge in [-0.15, -0.1) is 0 Å². The van der Waals surface area contributed by atoms with Crippen LogP contribution in [-0.4, -0.2) is 55.9 Å². The highest BCUT2D eigenvalue weighted by molar-refractivity contribution is 5.76. The Bertz CT molecular complexity index is 2170. The van der Waals surface area contributed by atoms with Crippen LogP contribution in [0, 0.1) is 23.2 Å². The van der Waals surface area contributed by atoms with E-state index >= 15 is 0 Å². The zero-order chi connectivity index (χ0) is 56.4. The summed E-state index contributed by atoms with van der Waals surface area (Å²) < 4.78 is 41.4. The van der Waals surface area contributed by atoms with Gasteiger partial charge >= 0.3 is 0 Å². The Morgan fingerprint density at radius 2 is 1.01 bits per heavy atom. The molecule has 4 fully saturated rings. The van der Waals surface area contributed by atoms with Crippen molar-refractivity contribution in [2.24, 2.45) is 23.2 Å². The van der Waals surface area contributed by atoms with Crippen molar-refractivity contribution in [1.82, 2.24) is 5.32 Å². The minimum Gasteiger partial charge on any atom is -0.374 e. The van der Waals surface area contributed by atoms with Crippen LogP contribution in [0.4, 0.5) is 0 Å². The van der Waals surface area contributed by atoms with Gasteiger partial charge in [0.15, 0.2) is 6.29 Å². The molecule has 448 valence electrons. The molecule has 0 spiro atoms. The van der Waals surface area contributed by atoms with Gasteiger partial charge in [-0.1, -0.05) is 264 Å². The molecule has 3 saturated carbocycles. The SMILES string of the molecule is CCCCCCCCCCCCCC[C@@H](OCc1ccccc1)[C@@H](OCc1ccccc1)[C@H](COC1OC(COCc2ccccc2)C(OCc2ccccc2)C(C)C1C)NC(=O)CCCCCCCCCCC12CCC(CC1)CC2. The van der Waals surface area contributed by atoms with Gasteiger partial charge in [-0.25, -0.2) is 0 Å². The molecule has 4 aromatic rings. The summed E-state index contributed by atoms with van der Waals surface area (Å²) in [7, 11) is 0. The molecule has 1 amide bonds. The fraction of sp³-hybridized carbons (Fsp3) is 0.658. The zero-order valence-electron chi connectivity index (χ0n) is 50.8. The normalized spacial score (nSPS) is 22.8. The minimum atomic E-state index is -0.571. The molecule has 1 saturated heterocycles. The van der Waals surface area contributed by atoms with Crippen LogP contribution in [0.5, 0.6) is 0 Å². The summed E-state index contributed by atoms with van der Waals surface area (Å²) in [5.74, 6) is 1.14. The number of hydrogen-bond acceptors (Lipinski definition) is 7. The highest BCUT2D eigenvalue weighted by atomic mass is 16.7. The summed E-state index contributed by atoms with van der Waals surface area (Å²) in [4.78, 5) is 14.5. The standard InChI is InChI=1S/C73H109NO7/c1-4-5-6-7-8-9-10-11-12-15-18-33-44-67(77-54-63-38-27-22-28-39-63)71(79-56-65-42-31-24-32-43-65)66(74-69(75)45-34-19-16-13-14-17-20-35-49-73-50-46-61(47-51-73)48-52-73)57-80-72-60(3)59(2)70(78-55-64-40-29-23-30-41-64)68(81-72)58-76-53-62-36-25-21-26-37-62/h21-32,36-43,59-61,66-68,70-72H,4-20,33-35,44-58H2,1-3H3,(H,74,75)/t59?,60?,61?,66-,67+,68?,70?,71-,72?,73?/m0/s1. The molecule has 1 aliphatic heterocycles. The average Bonchev–Trinajstić information content (AvgIpc) is 3.51. The molecule has 3 aliphatic carbocycles. The molecule has 8 heteroatoms. The second kappa shape index (κ2) is 38.1. The highest BCUT2D eigenvalue weighted by Crippen LogP contribution is 2.53. The summed E-state index contributed by atoms with van der Waals surface area (Å²) >= 11 is 0. The first kappa shape index (κ1) is 64.7. The lowest BCUT2D eigenvalue weighted by Crippen LogP contribution is -2.56. The Hall–Kier alpha value is -3.89. The van der Waals surface area contributed by atoms with E-state index in [9.17, 15) is 4.79 Å². The van der Waals surface area contributed by atoms with Crippen LogP contribution in [0.25, 0.3) is 0 Å². The van der Waals surface area contributed by atoms with Crippen molar-refractivity contribution in [3.63, 3.8) is 0 Å². The summed E-state index contributed by atoms with van der Waals surface area (Å²) in [6, 6.07) is 41.0. The van der Waals surface area contributed by atoms with Crippen LogP contribution in [0.1, 0.15) is 229 Å². The Balaban J connectivity index is 1.03. The van der Waals surface area contributed by atoms with Crippen molar-refractivity contribution in [2.45, 2.75) is 270 Å². The van der Waals surface area contributed by atoms with Gasteiger partial charge in [0.1, 0.15) is 12.2 Å². The molecule has 8 atom stereocenters. The van der Waals surface area contributed by atoms with Crippen molar-refractivity contribution in [2.75, 3.05) is 13.2 Å². The summed E-state index contributed by atoms with van der Waals surface area (Å²) in [6.45, 7) is 9.08. The maximum absolute atomic E-state index is 14.5. The van der Waals surface area contributed by atoms with E-state index < -0.39 is 18.4 Å². The van der Waals surface area contributed by atoms with Gasteiger partial charge in [0.25, 0.3) is 0 Å². The predicted molar refractivity (Wildman–Crippen MR) is 332 cm³/mol. The van der Waals surface area contributed by atoms with Gasteiger partial charge in [-0.3, -0.25) is 4.79 Å². The van der Waals surface area contributed by atoms with Crippen LogP contribution in [0.2, 0.25) is 0 Å². The lowest BCUT2D eigenvalue weighted by atomic mass is 9.59. The Labute approximate surface area is 492 Å². The molecule has 4 aliphatic rings. The Morgan fingerprint density at radius 1 is 0.543 bits per heavy atom. The number of carbonyl (C=O) groups excluding carboxylic acids is 1. The number of carbonyl (C=O) groups is 1. The first-order valence-corrected chi connectivity index (χ1v) is 33.0. The molecule has 8 rings (SSSR count). The van der Waals surface area contributed by atoms with E-state index in [2.05, 4.69) is 117 Å². The third-order valence-electron chi connectivity index (χ3n) is 18.7. The minimum absolute atomic E-state index is 0.0194. The van der Waals surface area contributed by atoms with E-state index in [1.807, 2.05) is 30.3 Å². The number of amides is 1. The van der Waals surface area contributed by atoms with Crippen LogP contribution in [0.15, 0.2) is 121 Å². The molecule has 4 aromatic carbocycles. The van der Waals surface area contributed by atoms with E-state index in [4.69, 9.17) is 28.4 Å². The topological polar surface area (TPSA) is 84.5 Å². The fourth-order valence-electron chi connectivity index (χ4n) is 13.3. The molecule has 0 radical (unpaired) electrons. The van der Waals surface area contributed by atoms with Crippen LogP contribution >= 0.6 is 0 Å². The number of benzene rings is 4. The molecule has 0 aromatic heterocycles. The van der Waals surface area contributed by atoms with Gasteiger partial charge in [0, 0.05) is 12.3 Å². The summed E-state index contributed by atoms with van der Waals surface area (Å²) in [5.41, 5.74) is 5.12. The van der Waals surface area contributed by atoms with Crippen LogP contribution < -0.4 is 5.32 Å². The van der Waals surface area contributed by atoms with Crippen molar-refractivity contribution in [3.05, 3.63) is 144 Å². The maximum Gasteiger partial charge on any atom is 0.220 e. The van der Waals surface area contributed by atoms with Crippen molar-refractivity contribution < 1.29 is 33.2 Å². The molecule has 2 bridgehead atoms. The predicted octanol–water partition coefficient (Wildman–Crippen LogP) is 18.4. The lowest BCUT2D eigenvalue weighted by molar-refractivity contribution is -0.283. The van der Waals surface area contributed by atoms with Crippen molar-refractivity contribution >= 4 is 5.91 Å².